The molecule has 0 saturated heterocycles. The first-order chi connectivity index (χ1) is 21.8. The first kappa shape index (κ1) is 49.3. The Morgan fingerprint density at radius 1 is 0.915 bits per heavy atom. The van der Waals surface area contributed by atoms with Gasteiger partial charge < -0.3 is 21.1 Å². The summed E-state index contributed by atoms with van der Waals surface area (Å²) >= 11 is 13.9. The zero-order valence-corrected chi connectivity index (χ0v) is 36.7. The van der Waals surface area contributed by atoms with Gasteiger partial charge in [0.1, 0.15) is 0 Å². The number of fused-ring (bicyclic) bond motifs is 1. The highest BCUT2D eigenvalue weighted by molar-refractivity contribution is 8.87. The quantitative estimate of drug-likeness (QED) is 0.219. The van der Waals surface area contributed by atoms with Crippen LogP contribution in [0.25, 0.3) is 0 Å². The van der Waals surface area contributed by atoms with E-state index in [4.69, 9.17) is 10.5 Å². The number of carbonyl (C=O) groups is 3. The number of amides is 2. The number of anilines is 1. The maximum Gasteiger partial charge on any atom is 0.340 e. The lowest BCUT2D eigenvalue weighted by Crippen LogP contribution is -2.13. The first-order valence-electron chi connectivity index (χ1n) is 10.8. The van der Waals surface area contributed by atoms with Gasteiger partial charge in [-0.3, -0.25) is 19.2 Å². The topological polar surface area (TPSA) is 188 Å². The Kier molecular flexibility index (Phi) is 31.3. The average molecular weight is 967 g/mol. The van der Waals surface area contributed by atoms with Crippen LogP contribution in [-0.4, -0.2) is 54.7 Å². The van der Waals surface area contributed by atoms with Crippen LogP contribution in [0.4, 0.5) is 14.7 Å². The highest BCUT2D eigenvalue weighted by atomic mass is 33.4. The van der Waals surface area contributed by atoms with Crippen LogP contribution in [-0.2, 0) is 84.5 Å². The second-order valence-electron chi connectivity index (χ2n) is 6.10. The molecule has 0 bridgehead atoms. The predicted octanol–water partition coefficient (Wildman–Crippen LogP) is 5.41. The Bertz CT molecular complexity index is 1870. The molecule has 1 aromatic carbocycles. The van der Waals surface area contributed by atoms with E-state index in [1.165, 1.54) is 75.0 Å². The van der Waals surface area contributed by atoms with E-state index in [1.54, 1.807) is 47.7 Å². The number of nitrogen functional groups attached to an aromatic ring is 1. The lowest BCUT2D eigenvalue weighted by atomic mass is 10.2. The molecule has 12 nitrogen and oxygen atoms in total. The summed E-state index contributed by atoms with van der Waals surface area (Å²) in [5.41, 5.74) is 5.52. The third-order valence-corrected chi connectivity index (χ3v) is 23.8. The van der Waals surface area contributed by atoms with Crippen LogP contribution >= 0.6 is 86.0 Å². The molecular weight excluding hydrogens is 943 g/mol. The molecule has 3 aromatic rings. The number of nitrogens with one attached hydrogen (secondary N) is 2. The van der Waals surface area contributed by atoms with Gasteiger partial charge in [-0.05, 0) is 72.6 Å². The number of nitrogens with two attached hydrogens (primary N) is 1. The summed E-state index contributed by atoms with van der Waals surface area (Å²) in [5, 5.41) is 4.94. The van der Waals surface area contributed by atoms with Crippen molar-refractivity contribution in [1.82, 2.24) is 20.6 Å². The van der Waals surface area contributed by atoms with Gasteiger partial charge in [0, 0.05) is 117 Å². The molecule has 2 amide bonds. The molecule has 47 heavy (non-hydrogen) atoms. The zero-order chi connectivity index (χ0) is 35.0. The van der Waals surface area contributed by atoms with Crippen molar-refractivity contribution in [1.29, 1.82) is 0 Å². The molecule has 0 aliphatic carbocycles. The second kappa shape index (κ2) is 29.9. The molecule has 3 heterocycles. The van der Waals surface area contributed by atoms with Crippen molar-refractivity contribution in [3.63, 3.8) is 0 Å². The van der Waals surface area contributed by atoms with Gasteiger partial charge >= 0.3 is 4.87 Å². The van der Waals surface area contributed by atoms with E-state index in [0.717, 1.165) is 31.9 Å². The Hall–Kier alpha value is 0.170. The van der Waals surface area contributed by atoms with Gasteiger partial charge in [0.2, 0.25) is 14.0 Å². The number of benzene rings is 1. The summed E-state index contributed by atoms with van der Waals surface area (Å²) in [6.45, 7) is 2.43. The van der Waals surface area contributed by atoms with E-state index >= 15 is 0 Å². The maximum atomic E-state index is 11.2. The van der Waals surface area contributed by atoms with Crippen LogP contribution in [0.5, 0.6) is 5.19 Å². The highest BCUT2D eigenvalue weighted by Crippen LogP contribution is 2.37. The average Bonchev–Trinajstić information content (AvgIpc) is 3.70. The molecule has 1 aliphatic rings. The minimum Gasteiger partial charge on any atom is -0.470 e. The molecule has 1 aliphatic heterocycles. The highest BCUT2D eigenvalue weighted by Gasteiger charge is 2.33. The Morgan fingerprint density at radius 3 is 1.83 bits per heavy atom. The van der Waals surface area contributed by atoms with Crippen molar-refractivity contribution in [3.05, 3.63) is 43.5 Å². The van der Waals surface area contributed by atoms with Crippen LogP contribution in [0.1, 0.15) is 24.7 Å². The minimum absolute atomic E-state index is 0. The number of carbonyl (C=O) groups excluding carboxylic acids is 3. The predicted molar refractivity (Wildman–Crippen MR) is 228 cm³/mol. The Morgan fingerprint density at radius 2 is 1.47 bits per heavy atom. The van der Waals surface area contributed by atoms with Crippen LogP contribution in [0, 0.1) is 3.95 Å². The number of hydrogen-bond acceptors (Lipinski definition) is 20. The van der Waals surface area contributed by atoms with Crippen LogP contribution in [0.3, 0.4) is 0 Å². The van der Waals surface area contributed by atoms with Crippen molar-refractivity contribution < 1.29 is 27.5 Å². The van der Waals surface area contributed by atoms with Gasteiger partial charge in [0.05, 0.1) is 22.3 Å². The molecule has 4 rings (SSSR count). The summed E-state index contributed by atoms with van der Waals surface area (Å²) in [6.07, 6.45) is 0. The fourth-order valence-corrected chi connectivity index (χ4v) is 20.0. The Balaban J connectivity index is 0. The Labute approximate surface area is 329 Å². The van der Waals surface area contributed by atoms with Crippen molar-refractivity contribution in [2.45, 2.75) is 19.2 Å². The third-order valence-electron chi connectivity index (χ3n) is 3.34. The number of hydrogen-bond donors (Lipinski definition) is 3. The molecular formula is C18H23N5O7S17. The van der Waals surface area contributed by atoms with Gasteiger partial charge in [0.15, 0.2) is 9.09 Å². The molecule has 4 N–H and O–H groups in total. The molecule has 0 radical (unpaired) electrons. The number of rotatable bonds is 2. The molecule has 0 atom stereocenters. The number of nitrogens with zero attached hydrogens (tertiary/aromatic N) is 2. The fourth-order valence-electron chi connectivity index (χ4n) is 1.82. The lowest BCUT2D eigenvalue weighted by Gasteiger charge is -1.95. The van der Waals surface area contributed by atoms with E-state index in [9.17, 15) is 27.6 Å². The van der Waals surface area contributed by atoms with Gasteiger partial charge in [-0.25, -0.2) is 8.42 Å². The molecule has 0 saturated carbocycles. The van der Waals surface area contributed by atoms with Crippen molar-refractivity contribution in [2.24, 2.45) is 0 Å². The molecule has 29 heteroatoms. The van der Waals surface area contributed by atoms with E-state index in [-0.39, 0.29) is 32.8 Å². The lowest BCUT2D eigenvalue weighted by molar-refractivity contribution is 0.108. The van der Waals surface area contributed by atoms with E-state index < -0.39 is 8.87 Å². The van der Waals surface area contributed by atoms with Gasteiger partial charge in [0.25, 0.3) is 15.7 Å². The second-order valence-corrected chi connectivity index (χ2v) is 27.3. The van der Waals surface area contributed by atoms with Crippen molar-refractivity contribution >= 4 is 191 Å². The van der Waals surface area contributed by atoms with Crippen LogP contribution < -0.4 is 26.0 Å². The molecule has 264 valence electrons. The number of ether oxygens (including phenoxy) is 1. The molecule has 0 fully saturated rings. The number of aromatic nitrogens is 2. The third kappa shape index (κ3) is 24.1. The summed E-state index contributed by atoms with van der Waals surface area (Å²) in [5.74, 6) is 0. The molecule has 2 aromatic heterocycles. The van der Waals surface area contributed by atoms with Crippen LogP contribution in [0.2, 0.25) is 0 Å². The summed E-state index contributed by atoms with van der Waals surface area (Å²) < 4.78 is 28.0. The smallest absolute Gasteiger partial charge is 0.340 e. The monoisotopic (exact) mass is 965 g/mol. The van der Waals surface area contributed by atoms with Crippen molar-refractivity contribution in [2.75, 3.05) is 26.4 Å². The van der Waals surface area contributed by atoms with Gasteiger partial charge in [-0.2, -0.15) is 9.97 Å². The minimum atomic E-state index is -3.39. The first-order valence-corrected chi connectivity index (χ1v) is 29.8. The van der Waals surface area contributed by atoms with E-state index in [0.29, 0.717) is 37.2 Å². The SMILES string of the molecule is C.CCOc1nc(=O)ss1.CNC(=O)SSC(=O)NC.Nc1nc(=S)ss1.O=C1SS(=O)(=O)c2ccccc21.S=S=S=S=S=S=S=S. The normalized spacial score (nSPS) is 11.0. The van der Waals surface area contributed by atoms with Crippen molar-refractivity contribution in [3.8, 4) is 5.19 Å². The zero-order valence-electron chi connectivity index (χ0n) is 22.8. The van der Waals surface area contributed by atoms with E-state index in [2.05, 4.69) is 55.2 Å². The fraction of sp³-hybridized carbons (Fsp3) is 0.278. The van der Waals surface area contributed by atoms with Gasteiger partial charge in [-0.1, -0.05) is 19.6 Å². The summed E-state index contributed by atoms with van der Waals surface area (Å²) in [4.78, 5) is 49.7. The van der Waals surface area contributed by atoms with Gasteiger partial charge in [-0.15, -0.1) is 0 Å². The maximum absolute atomic E-state index is 11.2. The molecule has 0 spiro atoms. The van der Waals surface area contributed by atoms with Crippen LogP contribution in [0.15, 0.2) is 34.0 Å². The van der Waals surface area contributed by atoms with E-state index in [1.807, 2.05) is 6.92 Å². The molecule has 0 unspecified atom stereocenters. The summed E-state index contributed by atoms with van der Waals surface area (Å²) in [7, 11) is 16.1. The largest absolute Gasteiger partial charge is 0.470 e. The summed E-state index contributed by atoms with van der Waals surface area (Å²) in [6, 6.07) is 6.23. The standard InChI is InChI=1S/C7H4O3S2.C4H8N2O2S2.C4H5NO2S2.C2H2N2S3.CH4.S8/c8-7-5-3-1-2-4-6(5)12(9,10)11-7;1-5-3(7)9-10-4(8)6-2;1-2-7-4-5-3(6)8-9-4;3-1-4-2(5)7-6-1;;1-3-5-7-8-6-4-2/h1-4H;1-2H3,(H,5,7)(H,6,8);2H2,1H3;(H2,3,4,5);1H4;.